The van der Waals surface area contributed by atoms with Crippen molar-refractivity contribution in [3.63, 3.8) is 0 Å². The number of nitriles is 1. The monoisotopic (exact) mass is 357 g/mol. The van der Waals surface area contributed by atoms with Crippen molar-refractivity contribution in [2.75, 3.05) is 0 Å². The van der Waals surface area contributed by atoms with Gasteiger partial charge in [-0.05, 0) is 30.5 Å². The molecule has 1 aromatic carbocycles. The van der Waals surface area contributed by atoms with Crippen molar-refractivity contribution in [3.8, 4) is 6.07 Å². The van der Waals surface area contributed by atoms with Crippen molar-refractivity contribution in [2.45, 2.75) is 20.3 Å². The molecule has 0 aliphatic carbocycles. The molecule has 0 saturated carbocycles. The molecule has 0 bridgehead atoms. The predicted octanol–water partition coefficient (Wildman–Crippen LogP) is 4.58. The molecule has 0 saturated heterocycles. The highest BCUT2D eigenvalue weighted by Gasteiger charge is 2.21. The molecule has 1 aromatic rings. The van der Waals surface area contributed by atoms with Crippen LogP contribution in [0.5, 0.6) is 0 Å². The Bertz CT molecular complexity index is 443. The Balaban J connectivity index is 2.98. The van der Waals surface area contributed by atoms with Crippen LogP contribution in [0.15, 0.2) is 27.1 Å². The first kappa shape index (κ1) is 14.4. The van der Waals surface area contributed by atoms with Crippen LogP contribution in [0.4, 0.5) is 0 Å². The van der Waals surface area contributed by atoms with Gasteiger partial charge >= 0.3 is 0 Å². The lowest BCUT2D eigenvalue weighted by atomic mass is 9.91. The summed E-state index contributed by atoms with van der Waals surface area (Å²) in [6, 6.07) is 7.45. The van der Waals surface area contributed by atoms with Crippen LogP contribution < -0.4 is 0 Å². The first-order valence-corrected chi connectivity index (χ1v) is 6.92. The zero-order valence-corrected chi connectivity index (χ0v) is 12.9. The van der Waals surface area contributed by atoms with Crippen molar-refractivity contribution in [2.24, 2.45) is 11.8 Å². The molecule has 90 valence electrons. The Labute approximate surface area is 118 Å². The predicted molar refractivity (Wildman–Crippen MR) is 74.7 cm³/mol. The number of nitrogens with zero attached hydrogens (tertiary/aromatic N) is 1. The summed E-state index contributed by atoms with van der Waals surface area (Å²) in [6.45, 7) is 4.02. The summed E-state index contributed by atoms with van der Waals surface area (Å²) in [6.07, 6.45) is 0.597. The molecule has 0 aromatic heterocycles. The molecule has 0 radical (unpaired) electrons. The maximum Gasteiger partial charge on any atom is 0.180 e. The van der Waals surface area contributed by atoms with E-state index in [4.69, 9.17) is 5.26 Å². The van der Waals surface area contributed by atoms with Crippen LogP contribution in [-0.2, 0) is 0 Å². The van der Waals surface area contributed by atoms with Crippen LogP contribution in [0.25, 0.3) is 0 Å². The highest BCUT2D eigenvalue weighted by Crippen LogP contribution is 2.23. The molecular formula is C13H13Br2NO. The van der Waals surface area contributed by atoms with Crippen LogP contribution >= 0.6 is 31.9 Å². The van der Waals surface area contributed by atoms with E-state index in [0.29, 0.717) is 17.9 Å². The second-order valence-corrected chi connectivity index (χ2v) is 6.16. The highest BCUT2D eigenvalue weighted by molar-refractivity contribution is 9.11. The zero-order valence-electron chi connectivity index (χ0n) is 9.71. The summed E-state index contributed by atoms with van der Waals surface area (Å²) >= 11 is 6.68. The van der Waals surface area contributed by atoms with Gasteiger partial charge in [-0.3, -0.25) is 4.79 Å². The van der Waals surface area contributed by atoms with E-state index < -0.39 is 5.92 Å². The van der Waals surface area contributed by atoms with Gasteiger partial charge in [0, 0.05) is 14.5 Å². The zero-order chi connectivity index (χ0) is 13.0. The Hall–Kier alpha value is -0.660. The van der Waals surface area contributed by atoms with Gasteiger partial charge in [-0.15, -0.1) is 0 Å². The molecular weight excluding hydrogens is 346 g/mol. The van der Waals surface area contributed by atoms with E-state index in [1.54, 1.807) is 12.1 Å². The molecule has 17 heavy (non-hydrogen) atoms. The number of hydrogen-bond donors (Lipinski definition) is 0. The molecule has 0 amide bonds. The number of benzene rings is 1. The maximum atomic E-state index is 12.2. The largest absolute Gasteiger partial charge is 0.293 e. The Kier molecular flexibility index (Phi) is 5.35. The summed E-state index contributed by atoms with van der Waals surface area (Å²) < 4.78 is 1.66. The van der Waals surface area contributed by atoms with Gasteiger partial charge < -0.3 is 0 Å². The minimum atomic E-state index is -0.559. The van der Waals surface area contributed by atoms with Crippen LogP contribution in [0.2, 0.25) is 0 Å². The third kappa shape index (κ3) is 4.25. The van der Waals surface area contributed by atoms with Gasteiger partial charge in [0.15, 0.2) is 5.78 Å². The average molecular weight is 359 g/mol. The standard InChI is InChI=1S/C13H13Br2NO/c1-8(2)3-10(7-16)13(17)9-4-11(14)6-12(15)5-9/h4-6,8,10H,3H2,1-2H3. The van der Waals surface area contributed by atoms with Gasteiger partial charge in [-0.1, -0.05) is 45.7 Å². The van der Waals surface area contributed by atoms with Crippen molar-refractivity contribution in [3.05, 3.63) is 32.7 Å². The van der Waals surface area contributed by atoms with Gasteiger partial charge in [0.2, 0.25) is 0 Å². The molecule has 0 spiro atoms. The van der Waals surface area contributed by atoms with Gasteiger partial charge in [0.25, 0.3) is 0 Å². The topological polar surface area (TPSA) is 40.9 Å². The quantitative estimate of drug-likeness (QED) is 0.739. The van der Waals surface area contributed by atoms with E-state index in [1.165, 1.54) is 0 Å². The Morgan fingerprint density at radius 3 is 2.24 bits per heavy atom. The van der Waals surface area contributed by atoms with E-state index in [9.17, 15) is 4.79 Å². The van der Waals surface area contributed by atoms with Crippen molar-refractivity contribution < 1.29 is 4.79 Å². The van der Waals surface area contributed by atoms with E-state index in [0.717, 1.165) is 8.95 Å². The van der Waals surface area contributed by atoms with Gasteiger partial charge in [-0.25, -0.2) is 0 Å². The second kappa shape index (κ2) is 6.32. The number of hydrogen-bond acceptors (Lipinski definition) is 2. The van der Waals surface area contributed by atoms with Gasteiger partial charge in [0.05, 0.1) is 6.07 Å². The SMILES string of the molecule is CC(C)CC(C#N)C(=O)c1cc(Br)cc(Br)c1. The lowest BCUT2D eigenvalue weighted by Gasteiger charge is -2.11. The van der Waals surface area contributed by atoms with Crippen LogP contribution in [0, 0.1) is 23.2 Å². The fourth-order valence-corrected chi connectivity index (χ4v) is 2.88. The Morgan fingerprint density at radius 2 is 1.82 bits per heavy atom. The molecule has 2 nitrogen and oxygen atoms in total. The van der Waals surface area contributed by atoms with E-state index in [1.807, 2.05) is 19.9 Å². The highest BCUT2D eigenvalue weighted by atomic mass is 79.9. The first-order chi connectivity index (χ1) is 7.93. The molecule has 0 fully saturated rings. The minimum absolute atomic E-state index is 0.108. The van der Waals surface area contributed by atoms with Gasteiger partial charge in [0.1, 0.15) is 5.92 Å². The fraction of sp³-hybridized carbons (Fsp3) is 0.385. The fourth-order valence-electron chi connectivity index (χ4n) is 1.59. The molecule has 0 aliphatic rings. The number of ketones is 1. The van der Waals surface area contributed by atoms with E-state index in [-0.39, 0.29) is 5.78 Å². The number of Topliss-reactive ketones (excluding diaryl/α,β-unsaturated/α-hetero) is 1. The lowest BCUT2D eigenvalue weighted by molar-refractivity contribution is 0.0937. The third-order valence-corrected chi connectivity index (χ3v) is 3.24. The molecule has 0 N–H and O–H groups in total. The minimum Gasteiger partial charge on any atom is -0.293 e. The number of carbonyl (C=O) groups is 1. The number of halogens is 2. The second-order valence-electron chi connectivity index (χ2n) is 4.33. The molecule has 4 heteroatoms. The van der Waals surface area contributed by atoms with E-state index in [2.05, 4.69) is 37.9 Å². The number of carbonyl (C=O) groups excluding carboxylic acids is 1. The Morgan fingerprint density at radius 1 is 1.29 bits per heavy atom. The third-order valence-electron chi connectivity index (χ3n) is 2.33. The molecule has 0 aliphatic heterocycles. The van der Waals surface area contributed by atoms with Crippen molar-refractivity contribution in [1.82, 2.24) is 0 Å². The molecule has 1 unspecified atom stereocenters. The summed E-state index contributed by atoms with van der Waals surface area (Å²) in [7, 11) is 0. The lowest BCUT2D eigenvalue weighted by Crippen LogP contribution is -2.15. The van der Waals surface area contributed by atoms with Crippen LogP contribution in [0.3, 0.4) is 0 Å². The molecule has 1 rings (SSSR count). The maximum absolute atomic E-state index is 12.2. The summed E-state index contributed by atoms with van der Waals surface area (Å²) in [5, 5.41) is 9.05. The average Bonchev–Trinajstić information content (AvgIpc) is 2.23. The van der Waals surface area contributed by atoms with Gasteiger partial charge in [-0.2, -0.15) is 5.26 Å². The first-order valence-electron chi connectivity index (χ1n) is 5.34. The smallest absolute Gasteiger partial charge is 0.180 e. The normalized spacial score (nSPS) is 12.2. The van der Waals surface area contributed by atoms with Crippen molar-refractivity contribution in [1.29, 1.82) is 5.26 Å². The van der Waals surface area contributed by atoms with Crippen molar-refractivity contribution >= 4 is 37.6 Å². The summed E-state index contributed by atoms with van der Waals surface area (Å²) in [5.41, 5.74) is 0.568. The summed E-state index contributed by atoms with van der Waals surface area (Å²) in [4.78, 5) is 12.2. The van der Waals surface area contributed by atoms with E-state index >= 15 is 0 Å². The summed E-state index contributed by atoms with van der Waals surface area (Å²) in [5.74, 6) is -0.335. The number of rotatable bonds is 4. The van der Waals surface area contributed by atoms with Crippen LogP contribution in [-0.4, -0.2) is 5.78 Å². The molecule has 0 heterocycles. The molecule has 1 atom stereocenters. The van der Waals surface area contributed by atoms with Crippen LogP contribution in [0.1, 0.15) is 30.6 Å².